The summed E-state index contributed by atoms with van der Waals surface area (Å²) in [6, 6.07) is 8.35. The first-order valence-electron chi connectivity index (χ1n) is 4.87. The predicted octanol–water partition coefficient (Wildman–Crippen LogP) is 1.68. The third-order valence-corrected chi connectivity index (χ3v) is 2.47. The van der Waals surface area contributed by atoms with Crippen LogP contribution in [0.3, 0.4) is 0 Å². The van der Waals surface area contributed by atoms with Crippen molar-refractivity contribution in [2.24, 2.45) is 0 Å². The van der Waals surface area contributed by atoms with E-state index in [0.29, 0.717) is 6.04 Å². The molecular weight excluding hydrogens is 176 g/mol. The molecule has 3 nitrogen and oxygen atoms in total. The molecule has 1 aromatic rings. The van der Waals surface area contributed by atoms with E-state index >= 15 is 0 Å². The summed E-state index contributed by atoms with van der Waals surface area (Å²) in [5, 5.41) is 6.17. The average Bonchev–Trinajstić information content (AvgIpc) is 2.04. The van der Waals surface area contributed by atoms with Crippen LogP contribution in [0.5, 0.6) is 0 Å². The second-order valence-electron chi connectivity index (χ2n) is 3.56. The second kappa shape index (κ2) is 3.80. The van der Waals surface area contributed by atoms with Crippen molar-refractivity contribution >= 4 is 11.6 Å². The number of benzene rings is 1. The number of rotatable bonds is 2. The van der Waals surface area contributed by atoms with E-state index in [1.807, 2.05) is 18.2 Å². The predicted molar refractivity (Wildman–Crippen MR) is 56.1 cm³/mol. The van der Waals surface area contributed by atoms with Crippen molar-refractivity contribution in [3.8, 4) is 0 Å². The van der Waals surface area contributed by atoms with E-state index in [0.717, 1.165) is 18.7 Å². The molecule has 1 atom stereocenters. The van der Waals surface area contributed by atoms with Crippen LogP contribution in [-0.4, -0.2) is 12.5 Å². The first kappa shape index (κ1) is 9.21. The van der Waals surface area contributed by atoms with Gasteiger partial charge in [-0.2, -0.15) is 0 Å². The number of hydrogen-bond donors (Lipinski definition) is 2. The van der Waals surface area contributed by atoms with Gasteiger partial charge in [0.25, 0.3) is 0 Å². The number of nitrogens with one attached hydrogen (secondary N) is 2. The van der Waals surface area contributed by atoms with Gasteiger partial charge in [0.15, 0.2) is 0 Å². The van der Waals surface area contributed by atoms with Gasteiger partial charge >= 0.3 is 0 Å². The number of carbonyl (C=O) groups excluding carboxylic acids is 1. The smallest absolute Gasteiger partial charge is 0.221 e. The monoisotopic (exact) mass is 190 g/mol. The Balaban J connectivity index is 2.23. The summed E-state index contributed by atoms with van der Waals surface area (Å²) < 4.78 is 0. The molecule has 14 heavy (non-hydrogen) atoms. The highest BCUT2D eigenvalue weighted by Crippen LogP contribution is 2.28. The zero-order chi connectivity index (χ0) is 9.97. The minimum absolute atomic E-state index is 0.0169. The largest absolute Gasteiger partial charge is 0.326 e. The fourth-order valence-electron chi connectivity index (χ4n) is 1.66. The van der Waals surface area contributed by atoms with Crippen molar-refractivity contribution in [1.82, 2.24) is 5.32 Å². The Hall–Kier alpha value is -1.35. The van der Waals surface area contributed by atoms with Crippen LogP contribution in [0.1, 0.15) is 24.9 Å². The molecule has 3 heteroatoms. The number of hydrogen-bond acceptors (Lipinski definition) is 2. The van der Waals surface area contributed by atoms with E-state index in [4.69, 9.17) is 0 Å². The Morgan fingerprint density at radius 1 is 1.50 bits per heavy atom. The van der Waals surface area contributed by atoms with Gasteiger partial charge in [0.05, 0.1) is 0 Å². The zero-order valence-electron chi connectivity index (χ0n) is 8.21. The first-order chi connectivity index (χ1) is 6.77. The summed E-state index contributed by atoms with van der Waals surface area (Å²) in [5.74, 6) is -0.0169. The lowest BCUT2D eigenvalue weighted by Gasteiger charge is -2.29. The van der Waals surface area contributed by atoms with Gasteiger partial charge in [0.1, 0.15) is 0 Å². The van der Waals surface area contributed by atoms with Crippen LogP contribution >= 0.6 is 0 Å². The average molecular weight is 190 g/mol. The van der Waals surface area contributed by atoms with E-state index in [9.17, 15) is 4.79 Å². The fraction of sp³-hybridized carbons (Fsp3) is 0.364. The lowest BCUT2D eigenvalue weighted by Crippen LogP contribution is -2.35. The molecule has 0 spiro atoms. The van der Waals surface area contributed by atoms with E-state index in [-0.39, 0.29) is 5.91 Å². The molecule has 1 fully saturated rings. The lowest BCUT2D eigenvalue weighted by molar-refractivity contribution is -0.114. The summed E-state index contributed by atoms with van der Waals surface area (Å²) in [6.07, 6.45) is 1.15. The van der Waals surface area contributed by atoms with Crippen molar-refractivity contribution in [3.63, 3.8) is 0 Å². The zero-order valence-corrected chi connectivity index (χ0v) is 8.21. The van der Waals surface area contributed by atoms with Crippen molar-refractivity contribution < 1.29 is 4.79 Å². The molecule has 1 saturated heterocycles. The Bertz CT molecular complexity index is 345. The quantitative estimate of drug-likeness (QED) is 0.745. The standard InChI is InChI=1S/C11H14N2O/c1-8(14)13-11-5-3-2-4-9(11)10-6-7-12-10/h2-5,10,12H,6-7H2,1H3,(H,13,14). The Kier molecular flexibility index (Phi) is 2.50. The molecule has 0 saturated carbocycles. The molecule has 0 radical (unpaired) electrons. The Morgan fingerprint density at radius 3 is 2.79 bits per heavy atom. The van der Waals surface area contributed by atoms with Gasteiger partial charge in [-0.25, -0.2) is 0 Å². The van der Waals surface area contributed by atoms with Crippen LogP contribution in [0.25, 0.3) is 0 Å². The molecule has 1 unspecified atom stereocenters. The third-order valence-electron chi connectivity index (χ3n) is 2.47. The molecule has 0 aliphatic carbocycles. The van der Waals surface area contributed by atoms with Gasteiger partial charge in [-0.05, 0) is 24.6 Å². The maximum Gasteiger partial charge on any atom is 0.221 e. The highest BCUT2D eigenvalue weighted by molar-refractivity contribution is 5.89. The summed E-state index contributed by atoms with van der Waals surface area (Å²) in [5.41, 5.74) is 2.12. The summed E-state index contributed by atoms with van der Waals surface area (Å²) in [6.45, 7) is 2.60. The van der Waals surface area contributed by atoms with Crippen molar-refractivity contribution in [3.05, 3.63) is 29.8 Å². The van der Waals surface area contributed by atoms with Gasteiger partial charge in [0, 0.05) is 18.7 Å². The number of carbonyl (C=O) groups is 1. The van der Waals surface area contributed by atoms with Crippen LogP contribution in [0.2, 0.25) is 0 Å². The molecule has 1 aliphatic heterocycles. The third kappa shape index (κ3) is 1.77. The van der Waals surface area contributed by atoms with Gasteiger partial charge in [-0.1, -0.05) is 18.2 Å². The van der Waals surface area contributed by atoms with Crippen molar-refractivity contribution in [2.75, 3.05) is 11.9 Å². The molecule has 1 amide bonds. The SMILES string of the molecule is CC(=O)Nc1ccccc1C1CCN1. The summed E-state index contributed by atoms with van der Waals surface area (Å²) in [4.78, 5) is 11.0. The van der Waals surface area contributed by atoms with Gasteiger partial charge < -0.3 is 10.6 Å². The van der Waals surface area contributed by atoms with Crippen LogP contribution in [0.4, 0.5) is 5.69 Å². The highest BCUT2D eigenvalue weighted by atomic mass is 16.1. The molecule has 1 aliphatic rings. The van der Waals surface area contributed by atoms with E-state index in [2.05, 4.69) is 16.7 Å². The second-order valence-corrected chi connectivity index (χ2v) is 3.56. The van der Waals surface area contributed by atoms with Crippen molar-refractivity contribution in [2.45, 2.75) is 19.4 Å². The molecule has 0 aromatic heterocycles. The van der Waals surface area contributed by atoms with Gasteiger partial charge in [-0.3, -0.25) is 4.79 Å². The minimum Gasteiger partial charge on any atom is -0.326 e. The van der Waals surface area contributed by atoms with Crippen molar-refractivity contribution in [1.29, 1.82) is 0 Å². The number of para-hydroxylation sites is 1. The normalized spacial score (nSPS) is 19.9. The van der Waals surface area contributed by atoms with Gasteiger partial charge in [0.2, 0.25) is 5.91 Å². The fourth-order valence-corrected chi connectivity index (χ4v) is 1.66. The van der Waals surface area contributed by atoms with E-state index < -0.39 is 0 Å². The lowest BCUT2D eigenvalue weighted by atomic mass is 9.96. The molecule has 2 N–H and O–H groups in total. The molecular formula is C11H14N2O. The van der Waals surface area contributed by atoms with Gasteiger partial charge in [-0.15, -0.1) is 0 Å². The maximum absolute atomic E-state index is 11.0. The number of amides is 1. The van der Waals surface area contributed by atoms with Crippen LogP contribution < -0.4 is 10.6 Å². The van der Waals surface area contributed by atoms with E-state index in [1.165, 1.54) is 12.5 Å². The summed E-state index contributed by atoms with van der Waals surface area (Å²) in [7, 11) is 0. The molecule has 0 bridgehead atoms. The van der Waals surface area contributed by atoms with E-state index in [1.54, 1.807) is 0 Å². The number of anilines is 1. The first-order valence-corrected chi connectivity index (χ1v) is 4.87. The summed E-state index contributed by atoms with van der Waals surface area (Å²) >= 11 is 0. The molecule has 1 heterocycles. The van der Waals surface area contributed by atoms with Crippen LogP contribution in [-0.2, 0) is 4.79 Å². The Labute approximate surface area is 83.5 Å². The molecule has 2 rings (SSSR count). The topological polar surface area (TPSA) is 41.1 Å². The minimum atomic E-state index is -0.0169. The molecule has 74 valence electrons. The van der Waals surface area contributed by atoms with Crippen LogP contribution in [0.15, 0.2) is 24.3 Å². The maximum atomic E-state index is 11.0. The Morgan fingerprint density at radius 2 is 2.21 bits per heavy atom. The van der Waals surface area contributed by atoms with Crippen LogP contribution in [0, 0.1) is 0 Å². The molecule has 1 aromatic carbocycles. The highest BCUT2D eigenvalue weighted by Gasteiger charge is 2.20.